The normalized spacial score (nSPS) is 32.6. The van der Waals surface area contributed by atoms with Gasteiger partial charge in [-0.25, -0.2) is 0 Å². The van der Waals surface area contributed by atoms with Crippen LogP contribution in [0.15, 0.2) is 24.3 Å². The second-order valence-electron chi connectivity index (χ2n) is 7.37. The van der Waals surface area contributed by atoms with Gasteiger partial charge in [-0.3, -0.25) is 14.6 Å². The number of likely N-dealkylation sites (tertiary alicyclic amines) is 1. The fourth-order valence-corrected chi connectivity index (χ4v) is 4.48. The van der Waals surface area contributed by atoms with Crippen molar-refractivity contribution < 1.29 is 9.53 Å². The molecule has 1 N–H and O–H groups in total. The van der Waals surface area contributed by atoms with E-state index in [0.29, 0.717) is 13.1 Å². The Bertz CT molecular complexity index is 716. The van der Waals surface area contributed by atoms with E-state index in [9.17, 15) is 10.1 Å². The number of anilines is 1. The molecular weight excluding hydrogens is 316 g/mol. The second kappa shape index (κ2) is 6.41. The molecule has 0 radical (unpaired) electrons. The number of carbonyl (C=O) groups excluding carboxylic acids is 1. The molecule has 2 fully saturated rings. The van der Waals surface area contributed by atoms with Gasteiger partial charge in [-0.2, -0.15) is 5.26 Å². The number of nitrogens with zero attached hydrogens (tertiary/aromatic N) is 3. The first kappa shape index (κ1) is 16.5. The topological polar surface area (TPSA) is 68.6 Å². The van der Waals surface area contributed by atoms with Crippen LogP contribution in [0, 0.1) is 17.2 Å². The smallest absolute Gasteiger partial charge is 0.237 e. The number of ether oxygens (including phenoxy) is 1. The number of carbonyl (C=O) groups is 1. The van der Waals surface area contributed by atoms with Gasteiger partial charge in [0.25, 0.3) is 0 Å². The maximum absolute atomic E-state index is 12.8. The van der Waals surface area contributed by atoms with E-state index in [1.54, 1.807) is 0 Å². The highest BCUT2D eigenvalue weighted by molar-refractivity contribution is 6.07. The molecule has 1 aromatic carbocycles. The minimum Gasteiger partial charge on any atom is -0.376 e. The molecule has 3 aliphatic heterocycles. The number of benzene rings is 1. The van der Waals surface area contributed by atoms with Crippen LogP contribution in [0.3, 0.4) is 0 Å². The zero-order chi connectivity index (χ0) is 17.4. The quantitative estimate of drug-likeness (QED) is 0.891. The van der Waals surface area contributed by atoms with Crippen LogP contribution in [-0.2, 0) is 14.9 Å². The Morgan fingerprint density at radius 2 is 2.12 bits per heavy atom. The van der Waals surface area contributed by atoms with Crippen molar-refractivity contribution in [3.05, 3.63) is 29.8 Å². The molecule has 3 atom stereocenters. The molecule has 0 bridgehead atoms. The van der Waals surface area contributed by atoms with Gasteiger partial charge in [0.05, 0.1) is 24.7 Å². The van der Waals surface area contributed by atoms with Crippen molar-refractivity contribution >= 4 is 11.6 Å². The Morgan fingerprint density at radius 1 is 1.32 bits per heavy atom. The van der Waals surface area contributed by atoms with Crippen molar-refractivity contribution in [3.8, 4) is 6.07 Å². The van der Waals surface area contributed by atoms with E-state index in [1.165, 1.54) is 0 Å². The fourth-order valence-electron chi connectivity index (χ4n) is 4.48. The van der Waals surface area contributed by atoms with Crippen LogP contribution in [-0.4, -0.2) is 67.7 Å². The lowest BCUT2D eigenvalue weighted by molar-refractivity contribution is -0.121. The number of hydrogen-bond acceptors (Lipinski definition) is 5. The number of fused-ring (bicyclic) bond motifs is 2. The van der Waals surface area contributed by atoms with Gasteiger partial charge in [0.2, 0.25) is 5.91 Å². The minimum atomic E-state index is -0.719. The molecule has 4 rings (SSSR count). The summed E-state index contributed by atoms with van der Waals surface area (Å²) in [6.45, 7) is 7.88. The maximum Gasteiger partial charge on any atom is 0.237 e. The summed E-state index contributed by atoms with van der Waals surface area (Å²) in [6.07, 6.45) is 0.276. The number of hydrogen-bond donors (Lipinski definition) is 1. The predicted octanol–water partition coefficient (Wildman–Crippen LogP) is 1.05. The number of nitriles is 1. The molecule has 3 aliphatic rings. The summed E-state index contributed by atoms with van der Waals surface area (Å²) in [5, 5.41) is 12.7. The predicted molar refractivity (Wildman–Crippen MR) is 94.1 cm³/mol. The molecule has 0 aromatic heterocycles. The van der Waals surface area contributed by atoms with Gasteiger partial charge in [-0.05, 0) is 18.6 Å². The highest BCUT2D eigenvalue weighted by Crippen LogP contribution is 2.47. The average molecular weight is 340 g/mol. The van der Waals surface area contributed by atoms with Gasteiger partial charge < -0.3 is 10.1 Å². The van der Waals surface area contributed by atoms with E-state index in [-0.39, 0.29) is 17.9 Å². The average Bonchev–Trinajstić information content (AvgIpc) is 3.13. The minimum absolute atomic E-state index is 0.0252. The van der Waals surface area contributed by atoms with Crippen molar-refractivity contribution in [1.82, 2.24) is 9.80 Å². The van der Waals surface area contributed by atoms with Crippen LogP contribution in [0.4, 0.5) is 5.69 Å². The highest BCUT2D eigenvalue weighted by Gasteiger charge is 2.57. The second-order valence-corrected chi connectivity index (χ2v) is 7.37. The lowest BCUT2D eigenvalue weighted by Crippen LogP contribution is -2.45. The van der Waals surface area contributed by atoms with Crippen LogP contribution >= 0.6 is 0 Å². The molecule has 1 amide bonds. The van der Waals surface area contributed by atoms with Gasteiger partial charge in [-0.15, -0.1) is 0 Å². The first-order chi connectivity index (χ1) is 12.1. The number of rotatable bonds is 3. The zero-order valence-corrected chi connectivity index (χ0v) is 14.6. The molecule has 25 heavy (non-hydrogen) atoms. The third kappa shape index (κ3) is 2.73. The third-order valence-electron chi connectivity index (χ3n) is 5.78. The van der Waals surface area contributed by atoms with E-state index in [1.807, 2.05) is 24.3 Å². The molecule has 1 aromatic rings. The largest absolute Gasteiger partial charge is 0.376 e. The number of nitrogens with one attached hydrogen (secondary N) is 1. The molecular formula is C19H24N4O2. The Balaban J connectivity index is 1.50. The third-order valence-corrected chi connectivity index (χ3v) is 5.78. The summed E-state index contributed by atoms with van der Waals surface area (Å²) in [4.78, 5) is 17.5. The molecule has 3 heterocycles. The number of para-hydroxylation sites is 1. The van der Waals surface area contributed by atoms with Crippen LogP contribution in [0.25, 0.3) is 0 Å². The molecule has 0 aliphatic carbocycles. The van der Waals surface area contributed by atoms with Gasteiger partial charge in [0.1, 0.15) is 5.41 Å². The molecule has 6 heteroatoms. The molecule has 6 nitrogen and oxygen atoms in total. The van der Waals surface area contributed by atoms with Crippen molar-refractivity contribution in [2.24, 2.45) is 5.92 Å². The Kier molecular flexibility index (Phi) is 4.24. The Labute approximate surface area is 148 Å². The lowest BCUT2D eigenvalue weighted by atomic mass is 9.74. The van der Waals surface area contributed by atoms with E-state index >= 15 is 0 Å². The molecule has 0 saturated carbocycles. The monoisotopic (exact) mass is 340 g/mol. The summed E-state index contributed by atoms with van der Waals surface area (Å²) >= 11 is 0. The van der Waals surface area contributed by atoms with Crippen LogP contribution in [0.5, 0.6) is 0 Å². The fraction of sp³-hybridized carbons (Fsp3) is 0.579. The van der Waals surface area contributed by atoms with Crippen molar-refractivity contribution in [2.45, 2.75) is 18.4 Å². The van der Waals surface area contributed by atoms with Crippen molar-refractivity contribution in [1.29, 1.82) is 5.26 Å². The van der Waals surface area contributed by atoms with Crippen LogP contribution in [0.1, 0.15) is 12.5 Å². The molecule has 2 saturated heterocycles. The molecule has 132 valence electrons. The highest BCUT2D eigenvalue weighted by atomic mass is 16.5. The Morgan fingerprint density at radius 3 is 2.92 bits per heavy atom. The van der Waals surface area contributed by atoms with E-state index < -0.39 is 5.41 Å². The van der Waals surface area contributed by atoms with Gasteiger partial charge in [-0.1, -0.05) is 18.2 Å². The summed E-state index contributed by atoms with van der Waals surface area (Å²) in [5.41, 5.74) is 1.12. The Hall–Kier alpha value is -1.94. The number of morpholine rings is 1. The molecule has 1 spiro atoms. The van der Waals surface area contributed by atoms with Gasteiger partial charge in [0.15, 0.2) is 0 Å². The van der Waals surface area contributed by atoms with E-state index in [4.69, 9.17) is 4.74 Å². The lowest BCUT2D eigenvalue weighted by Gasteiger charge is -2.32. The van der Waals surface area contributed by atoms with E-state index in [2.05, 4.69) is 28.1 Å². The van der Waals surface area contributed by atoms with E-state index in [0.717, 1.165) is 44.0 Å². The van der Waals surface area contributed by atoms with Gasteiger partial charge in [0, 0.05) is 45.0 Å². The van der Waals surface area contributed by atoms with Crippen LogP contribution < -0.4 is 5.32 Å². The van der Waals surface area contributed by atoms with Gasteiger partial charge >= 0.3 is 0 Å². The van der Waals surface area contributed by atoms with Crippen molar-refractivity contribution in [3.63, 3.8) is 0 Å². The first-order valence-electron chi connectivity index (χ1n) is 9.00. The first-order valence-corrected chi connectivity index (χ1v) is 9.00. The summed E-state index contributed by atoms with van der Waals surface area (Å²) in [7, 11) is 0. The zero-order valence-electron chi connectivity index (χ0n) is 14.6. The molecule has 0 unspecified atom stereocenters. The van der Waals surface area contributed by atoms with Crippen molar-refractivity contribution in [2.75, 3.05) is 51.2 Å². The van der Waals surface area contributed by atoms with Crippen LogP contribution in [0.2, 0.25) is 0 Å². The SMILES string of the molecule is C[C@@H]1CN(CCN2C[C@@H](C#N)[C@@]3(C2)C(=O)Nc2ccccc23)CCO1. The standard InChI is InChI=1S/C19H24N4O2/c1-14-11-22(8-9-25-14)6-7-23-12-15(10-20)19(13-23)16-4-2-3-5-17(16)21-18(19)24/h2-5,14-15H,6-9,11-13H2,1H3,(H,21,24)/t14-,15-,19-/m1/s1. The summed E-state index contributed by atoms with van der Waals surface area (Å²) in [5.74, 6) is -0.331. The maximum atomic E-state index is 12.8. The number of amides is 1. The summed E-state index contributed by atoms with van der Waals surface area (Å²) < 4.78 is 5.59. The summed E-state index contributed by atoms with van der Waals surface area (Å²) in [6, 6.07) is 10.2.